The SMILES string of the molecule is COC(=O)c1occc1CNCC1(C2CC2)CC1. The number of carbonyl (C=O) groups excluding carboxylic acids is 1. The maximum atomic E-state index is 11.4. The zero-order valence-corrected chi connectivity index (χ0v) is 10.7. The third kappa shape index (κ3) is 2.17. The van der Waals surface area contributed by atoms with Gasteiger partial charge >= 0.3 is 5.97 Å². The predicted octanol–water partition coefficient (Wildman–Crippen LogP) is 2.35. The van der Waals surface area contributed by atoms with E-state index in [4.69, 9.17) is 4.42 Å². The Morgan fingerprint density at radius 2 is 2.33 bits per heavy atom. The minimum Gasteiger partial charge on any atom is -0.463 e. The second-order valence-corrected chi connectivity index (χ2v) is 5.51. The van der Waals surface area contributed by atoms with Gasteiger partial charge in [0.15, 0.2) is 0 Å². The molecule has 0 unspecified atom stereocenters. The number of hydrogen-bond donors (Lipinski definition) is 1. The number of hydrogen-bond acceptors (Lipinski definition) is 4. The third-order valence-corrected chi connectivity index (χ3v) is 4.25. The first-order chi connectivity index (χ1) is 8.75. The standard InChI is InChI=1S/C14H19NO3/c1-17-13(16)12-10(4-7-18-12)8-15-9-14(5-6-14)11-2-3-11/h4,7,11,15H,2-3,5-6,8-9H2,1H3. The Morgan fingerprint density at radius 1 is 1.56 bits per heavy atom. The van der Waals surface area contributed by atoms with E-state index in [0.29, 0.717) is 17.7 Å². The molecule has 0 saturated heterocycles. The molecule has 0 bridgehead atoms. The first-order valence-electron chi connectivity index (χ1n) is 6.60. The summed E-state index contributed by atoms with van der Waals surface area (Å²) < 4.78 is 9.84. The Kier molecular flexibility index (Phi) is 2.90. The molecule has 0 aromatic carbocycles. The number of carbonyl (C=O) groups is 1. The lowest BCUT2D eigenvalue weighted by Gasteiger charge is -2.14. The lowest BCUT2D eigenvalue weighted by atomic mass is 10.0. The zero-order valence-electron chi connectivity index (χ0n) is 10.7. The van der Waals surface area contributed by atoms with Gasteiger partial charge in [0, 0.05) is 18.7 Å². The van der Waals surface area contributed by atoms with E-state index in [2.05, 4.69) is 10.1 Å². The molecule has 4 nitrogen and oxygen atoms in total. The van der Waals surface area contributed by atoms with E-state index < -0.39 is 5.97 Å². The van der Waals surface area contributed by atoms with Crippen LogP contribution in [0.2, 0.25) is 0 Å². The topological polar surface area (TPSA) is 51.5 Å². The highest BCUT2D eigenvalue weighted by Gasteiger charge is 2.53. The highest BCUT2D eigenvalue weighted by atomic mass is 16.5. The Balaban J connectivity index is 1.54. The molecule has 98 valence electrons. The summed E-state index contributed by atoms with van der Waals surface area (Å²) >= 11 is 0. The van der Waals surface area contributed by atoms with Gasteiger partial charge in [-0.1, -0.05) is 0 Å². The predicted molar refractivity (Wildman–Crippen MR) is 66.1 cm³/mol. The molecule has 2 aliphatic carbocycles. The van der Waals surface area contributed by atoms with Crippen LogP contribution in [-0.4, -0.2) is 19.6 Å². The largest absolute Gasteiger partial charge is 0.463 e. The van der Waals surface area contributed by atoms with Crippen LogP contribution >= 0.6 is 0 Å². The van der Waals surface area contributed by atoms with Gasteiger partial charge in [-0.2, -0.15) is 0 Å². The molecule has 0 aliphatic heterocycles. The fourth-order valence-electron chi connectivity index (χ4n) is 2.78. The van der Waals surface area contributed by atoms with Crippen LogP contribution in [0.4, 0.5) is 0 Å². The van der Waals surface area contributed by atoms with Crippen molar-refractivity contribution in [2.24, 2.45) is 11.3 Å². The second kappa shape index (κ2) is 4.43. The molecule has 0 amide bonds. The molecule has 0 radical (unpaired) electrons. The van der Waals surface area contributed by atoms with E-state index in [1.54, 1.807) is 0 Å². The average molecular weight is 249 g/mol. The molecule has 0 atom stereocenters. The van der Waals surface area contributed by atoms with Crippen LogP contribution in [0.3, 0.4) is 0 Å². The van der Waals surface area contributed by atoms with E-state index in [0.717, 1.165) is 18.0 Å². The van der Waals surface area contributed by atoms with Gasteiger partial charge < -0.3 is 14.5 Å². The van der Waals surface area contributed by atoms with E-state index in [9.17, 15) is 4.79 Å². The molecule has 2 aliphatic rings. The van der Waals surface area contributed by atoms with Crippen molar-refractivity contribution in [3.8, 4) is 0 Å². The highest BCUT2D eigenvalue weighted by molar-refractivity contribution is 5.87. The van der Waals surface area contributed by atoms with Gasteiger partial charge in [0.1, 0.15) is 0 Å². The van der Waals surface area contributed by atoms with Crippen LogP contribution in [0.1, 0.15) is 41.8 Å². The zero-order chi connectivity index (χ0) is 12.6. The van der Waals surface area contributed by atoms with Gasteiger partial charge in [-0.3, -0.25) is 0 Å². The quantitative estimate of drug-likeness (QED) is 0.786. The molecule has 1 N–H and O–H groups in total. The molecule has 0 spiro atoms. The summed E-state index contributed by atoms with van der Waals surface area (Å²) in [7, 11) is 1.37. The van der Waals surface area contributed by atoms with E-state index in [1.807, 2.05) is 6.07 Å². The molecule has 4 heteroatoms. The van der Waals surface area contributed by atoms with E-state index >= 15 is 0 Å². The number of rotatable bonds is 6. The molecule has 2 fully saturated rings. The number of nitrogens with one attached hydrogen (secondary N) is 1. The van der Waals surface area contributed by atoms with Gasteiger partial charge in [-0.05, 0) is 43.1 Å². The first-order valence-corrected chi connectivity index (χ1v) is 6.60. The number of methoxy groups -OCH3 is 1. The monoisotopic (exact) mass is 249 g/mol. The summed E-state index contributed by atoms with van der Waals surface area (Å²) in [5, 5.41) is 3.46. The molecule has 1 aromatic heterocycles. The van der Waals surface area contributed by atoms with Crippen LogP contribution in [0.15, 0.2) is 16.7 Å². The van der Waals surface area contributed by atoms with Crippen LogP contribution in [-0.2, 0) is 11.3 Å². The Labute approximate surface area is 107 Å². The smallest absolute Gasteiger partial charge is 0.374 e. The van der Waals surface area contributed by atoms with Crippen molar-refractivity contribution in [3.63, 3.8) is 0 Å². The fourth-order valence-corrected chi connectivity index (χ4v) is 2.78. The van der Waals surface area contributed by atoms with Crippen molar-refractivity contribution < 1.29 is 13.9 Å². The van der Waals surface area contributed by atoms with Gasteiger partial charge in [-0.25, -0.2) is 4.79 Å². The lowest BCUT2D eigenvalue weighted by Crippen LogP contribution is -2.25. The average Bonchev–Trinajstić information content (AvgIpc) is 3.27. The van der Waals surface area contributed by atoms with E-state index in [1.165, 1.54) is 39.1 Å². The van der Waals surface area contributed by atoms with Crippen molar-refractivity contribution in [1.82, 2.24) is 5.32 Å². The fraction of sp³-hybridized carbons (Fsp3) is 0.643. The molecule has 1 aromatic rings. The minimum atomic E-state index is -0.403. The Hall–Kier alpha value is -1.29. The van der Waals surface area contributed by atoms with Crippen LogP contribution < -0.4 is 5.32 Å². The minimum absolute atomic E-state index is 0.321. The second-order valence-electron chi connectivity index (χ2n) is 5.51. The van der Waals surface area contributed by atoms with Crippen molar-refractivity contribution in [1.29, 1.82) is 0 Å². The normalized spacial score (nSPS) is 20.7. The van der Waals surface area contributed by atoms with Gasteiger partial charge in [0.25, 0.3) is 0 Å². The maximum Gasteiger partial charge on any atom is 0.374 e. The van der Waals surface area contributed by atoms with E-state index in [-0.39, 0.29) is 0 Å². The molecular formula is C14H19NO3. The van der Waals surface area contributed by atoms with Gasteiger partial charge in [0.2, 0.25) is 5.76 Å². The highest BCUT2D eigenvalue weighted by Crippen LogP contribution is 2.60. The van der Waals surface area contributed by atoms with Crippen molar-refractivity contribution in [3.05, 3.63) is 23.7 Å². The first kappa shape index (κ1) is 11.8. The summed E-state index contributed by atoms with van der Waals surface area (Å²) in [5.74, 6) is 0.871. The summed E-state index contributed by atoms with van der Waals surface area (Å²) in [6.45, 7) is 1.73. The summed E-state index contributed by atoms with van der Waals surface area (Å²) in [6.07, 6.45) is 7.07. The lowest BCUT2D eigenvalue weighted by molar-refractivity contribution is 0.0563. The summed E-state index contributed by atoms with van der Waals surface area (Å²) in [4.78, 5) is 11.4. The number of furan rings is 1. The van der Waals surface area contributed by atoms with Crippen molar-refractivity contribution >= 4 is 5.97 Å². The molecule has 18 heavy (non-hydrogen) atoms. The van der Waals surface area contributed by atoms with Crippen molar-refractivity contribution in [2.45, 2.75) is 32.2 Å². The van der Waals surface area contributed by atoms with Crippen molar-refractivity contribution in [2.75, 3.05) is 13.7 Å². The number of esters is 1. The summed E-state index contributed by atoms with van der Waals surface area (Å²) in [6, 6.07) is 1.83. The summed E-state index contributed by atoms with van der Waals surface area (Å²) in [5.41, 5.74) is 1.46. The molecular weight excluding hydrogens is 230 g/mol. The molecule has 2 saturated carbocycles. The third-order valence-electron chi connectivity index (χ3n) is 4.25. The molecule has 3 rings (SSSR count). The maximum absolute atomic E-state index is 11.4. The van der Waals surface area contributed by atoms with Crippen LogP contribution in [0.5, 0.6) is 0 Å². The van der Waals surface area contributed by atoms with Crippen LogP contribution in [0.25, 0.3) is 0 Å². The van der Waals surface area contributed by atoms with Gasteiger partial charge in [0.05, 0.1) is 13.4 Å². The Morgan fingerprint density at radius 3 is 2.94 bits per heavy atom. The Bertz CT molecular complexity index is 444. The van der Waals surface area contributed by atoms with Gasteiger partial charge in [-0.15, -0.1) is 0 Å². The van der Waals surface area contributed by atoms with Crippen LogP contribution in [0, 0.1) is 11.3 Å². The number of ether oxygens (including phenoxy) is 1. The molecule has 1 heterocycles.